The number of allylic oxidation sites excluding steroid dienone is 1. The van der Waals surface area contributed by atoms with E-state index in [0.717, 1.165) is 5.75 Å². The van der Waals surface area contributed by atoms with Gasteiger partial charge in [0.25, 0.3) is 0 Å². The lowest BCUT2D eigenvalue weighted by Gasteiger charge is -2.24. The van der Waals surface area contributed by atoms with Crippen molar-refractivity contribution in [1.82, 2.24) is 25.1 Å². The van der Waals surface area contributed by atoms with Crippen LogP contribution in [0.4, 0.5) is 0 Å². The first-order valence-corrected chi connectivity index (χ1v) is 11.6. The Morgan fingerprint density at radius 3 is 2.56 bits per heavy atom. The fourth-order valence-electron chi connectivity index (χ4n) is 2.25. The normalized spacial score (nSPS) is 13.0. The van der Waals surface area contributed by atoms with E-state index in [1.54, 1.807) is 31.4 Å². The molecule has 2 rings (SSSR count). The number of nitrogens with zero attached hydrogens (tertiary/aromatic N) is 5. The van der Waals surface area contributed by atoms with Gasteiger partial charge in [0.2, 0.25) is 0 Å². The number of rotatable bonds is 9. The molecule has 0 aliphatic rings. The summed E-state index contributed by atoms with van der Waals surface area (Å²) in [6.45, 7) is 6.30. The van der Waals surface area contributed by atoms with Gasteiger partial charge in [0.1, 0.15) is 18.0 Å². The summed E-state index contributed by atoms with van der Waals surface area (Å²) in [5.74, 6) is 1.29. The molecule has 0 aliphatic heterocycles. The summed E-state index contributed by atoms with van der Waals surface area (Å²) in [6, 6.07) is 0. The Hall–Kier alpha value is -2.20. The minimum atomic E-state index is -0.665. The Bertz CT molecular complexity index is 807. The molecule has 0 bridgehead atoms. The fraction of sp³-hybridized carbons (Fsp3) is 0.588. The molecule has 0 fully saturated rings. The number of aromatic nitrogens is 5. The van der Waals surface area contributed by atoms with Crippen molar-refractivity contribution in [1.29, 1.82) is 0 Å². The Morgan fingerprint density at radius 2 is 2.00 bits per heavy atom. The second-order valence-electron chi connectivity index (χ2n) is 6.73. The Morgan fingerprint density at radius 1 is 1.26 bits per heavy atom. The largest absolute Gasteiger partial charge is 0.462 e. The molecule has 0 radical (unpaired) electrons. The van der Waals surface area contributed by atoms with Crippen molar-refractivity contribution in [2.24, 2.45) is 0 Å². The van der Waals surface area contributed by atoms with Gasteiger partial charge in [-0.05, 0) is 44.7 Å². The van der Waals surface area contributed by atoms with Crippen LogP contribution in [-0.4, -0.2) is 68.8 Å². The molecule has 2 aromatic rings. The molecule has 27 heavy (non-hydrogen) atoms. The second kappa shape index (κ2) is 9.14. The summed E-state index contributed by atoms with van der Waals surface area (Å²) >= 11 is 0. The zero-order chi connectivity index (χ0) is 20.0. The van der Waals surface area contributed by atoms with Gasteiger partial charge >= 0.3 is 5.97 Å². The van der Waals surface area contributed by atoms with Crippen LogP contribution in [0.5, 0.6) is 0 Å². The highest BCUT2D eigenvalue weighted by molar-refractivity contribution is 8.32. The monoisotopic (exact) mass is 397 g/mol. The zero-order valence-corrected chi connectivity index (χ0v) is 17.5. The number of hydrogen-bond acceptors (Lipinski definition) is 8. The second-order valence-corrected chi connectivity index (χ2v) is 11.3. The van der Waals surface area contributed by atoms with Crippen LogP contribution in [0.1, 0.15) is 25.4 Å². The van der Waals surface area contributed by atoms with E-state index in [1.807, 2.05) is 0 Å². The van der Waals surface area contributed by atoms with E-state index in [9.17, 15) is 4.79 Å². The third-order valence-electron chi connectivity index (χ3n) is 3.70. The lowest BCUT2D eigenvalue weighted by atomic mass is 10.2. The number of ether oxygens (including phenoxy) is 2. The lowest BCUT2D eigenvalue weighted by Crippen LogP contribution is -2.16. The molecular formula is C17H27N5O4S. The first-order chi connectivity index (χ1) is 12.8. The van der Waals surface area contributed by atoms with Gasteiger partial charge in [-0.3, -0.25) is 4.57 Å². The molecule has 0 atom stereocenters. The smallest absolute Gasteiger partial charge is 0.341 e. The number of hydrogen-bond donors (Lipinski definition) is 0. The Labute approximate surface area is 160 Å². The number of aryl methyl sites for hydroxylation is 1. The Kier molecular flexibility index (Phi) is 7.14. The van der Waals surface area contributed by atoms with Crippen LogP contribution in [0, 0.1) is 6.92 Å². The van der Waals surface area contributed by atoms with E-state index in [2.05, 4.69) is 39.3 Å². The van der Waals surface area contributed by atoms with E-state index in [4.69, 9.17) is 14.1 Å². The quantitative estimate of drug-likeness (QED) is 0.360. The van der Waals surface area contributed by atoms with Gasteiger partial charge < -0.3 is 9.47 Å². The topological polar surface area (TPSA) is 105 Å². The van der Waals surface area contributed by atoms with Gasteiger partial charge in [0, 0.05) is 5.75 Å². The van der Waals surface area contributed by atoms with Crippen LogP contribution in [0.25, 0.3) is 17.1 Å². The van der Waals surface area contributed by atoms with Crippen molar-refractivity contribution in [3.63, 3.8) is 0 Å². The standard InChI is InChI=1S/C17H27N5O4S/c1-7-13(17(23)25-8-2)15-18-19-16(14-12(3)20-26-21-14)22(15)11-24-9-10-27(4,5)6/h7H,8-11H2,1-6H3/b13-7-. The molecular weight excluding hydrogens is 370 g/mol. The first-order valence-electron chi connectivity index (χ1n) is 8.58. The van der Waals surface area contributed by atoms with Gasteiger partial charge in [-0.2, -0.15) is 0 Å². The van der Waals surface area contributed by atoms with Crippen molar-refractivity contribution in [3.8, 4) is 11.5 Å². The van der Waals surface area contributed by atoms with Gasteiger partial charge in [0.15, 0.2) is 17.3 Å². The molecule has 0 saturated carbocycles. The highest BCUT2D eigenvalue weighted by atomic mass is 32.3. The van der Waals surface area contributed by atoms with Crippen LogP contribution in [-0.2, 0) is 21.0 Å². The third-order valence-corrected chi connectivity index (χ3v) is 5.09. The van der Waals surface area contributed by atoms with Gasteiger partial charge in [-0.15, -0.1) is 10.2 Å². The van der Waals surface area contributed by atoms with Crippen LogP contribution in [0.15, 0.2) is 10.7 Å². The molecule has 0 aliphatic carbocycles. The molecule has 9 nitrogen and oxygen atoms in total. The number of carbonyl (C=O) groups excluding carboxylic acids is 1. The van der Waals surface area contributed by atoms with Crippen LogP contribution >= 0.6 is 10.0 Å². The third kappa shape index (κ3) is 5.39. The van der Waals surface area contributed by atoms with Gasteiger partial charge in [-0.25, -0.2) is 19.5 Å². The maximum Gasteiger partial charge on any atom is 0.341 e. The predicted octanol–water partition coefficient (Wildman–Crippen LogP) is 2.27. The number of esters is 1. The molecule has 0 unspecified atom stereocenters. The average molecular weight is 398 g/mol. The van der Waals surface area contributed by atoms with E-state index >= 15 is 0 Å². The van der Waals surface area contributed by atoms with Crippen molar-refractivity contribution >= 4 is 21.6 Å². The zero-order valence-electron chi connectivity index (χ0n) is 16.7. The highest BCUT2D eigenvalue weighted by Gasteiger charge is 2.25. The molecule has 0 aromatic carbocycles. The summed E-state index contributed by atoms with van der Waals surface area (Å²) in [5.41, 5.74) is 1.35. The van der Waals surface area contributed by atoms with Gasteiger partial charge in [-0.1, -0.05) is 11.2 Å². The summed E-state index contributed by atoms with van der Waals surface area (Å²) in [6.07, 6.45) is 8.34. The first kappa shape index (κ1) is 21.1. The molecule has 2 heterocycles. The minimum Gasteiger partial charge on any atom is -0.462 e. The molecule has 0 spiro atoms. The van der Waals surface area contributed by atoms with E-state index < -0.39 is 16.0 Å². The summed E-state index contributed by atoms with van der Waals surface area (Å²) in [5, 5.41) is 16.0. The van der Waals surface area contributed by atoms with E-state index in [-0.39, 0.29) is 13.3 Å². The van der Waals surface area contributed by atoms with Crippen molar-refractivity contribution in [3.05, 3.63) is 17.6 Å². The van der Waals surface area contributed by atoms with E-state index in [0.29, 0.717) is 35.2 Å². The molecule has 0 amide bonds. The summed E-state index contributed by atoms with van der Waals surface area (Å²) in [7, 11) is -0.665. The SMILES string of the molecule is C/C=C(\C(=O)OCC)c1nnc(-c2nonc2C)n1COCCS(C)(C)C. The molecule has 2 aromatic heterocycles. The fourth-order valence-corrected chi connectivity index (χ4v) is 2.86. The van der Waals surface area contributed by atoms with E-state index in [1.165, 1.54) is 0 Å². The lowest BCUT2D eigenvalue weighted by molar-refractivity contribution is -0.136. The number of carbonyl (C=O) groups is 1. The van der Waals surface area contributed by atoms with Crippen molar-refractivity contribution in [2.45, 2.75) is 27.5 Å². The molecule has 150 valence electrons. The van der Waals surface area contributed by atoms with Crippen LogP contribution in [0.2, 0.25) is 0 Å². The van der Waals surface area contributed by atoms with Crippen molar-refractivity contribution < 1.29 is 18.9 Å². The summed E-state index contributed by atoms with van der Waals surface area (Å²) in [4.78, 5) is 12.3. The molecule has 0 N–H and O–H groups in total. The van der Waals surface area contributed by atoms with Crippen LogP contribution in [0.3, 0.4) is 0 Å². The molecule has 0 saturated heterocycles. The average Bonchev–Trinajstić information content (AvgIpc) is 3.18. The predicted molar refractivity (Wildman–Crippen MR) is 105 cm³/mol. The molecule has 10 heteroatoms. The maximum atomic E-state index is 12.3. The van der Waals surface area contributed by atoms with Crippen molar-refractivity contribution in [2.75, 3.05) is 37.7 Å². The highest BCUT2D eigenvalue weighted by Crippen LogP contribution is 2.33. The maximum absolute atomic E-state index is 12.3. The Balaban J connectivity index is 2.35. The van der Waals surface area contributed by atoms with Gasteiger partial charge in [0.05, 0.1) is 13.2 Å². The minimum absolute atomic E-state index is 0.177. The van der Waals surface area contributed by atoms with Crippen LogP contribution < -0.4 is 0 Å². The summed E-state index contributed by atoms with van der Waals surface area (Å²) < 4.78 is 17.5.